The van der Waals surface area contributed by atoms with Crippen LogP contribution in [0.25, 0.3) is 0 Å². The summed E-state index contributed by atoms with van der Waals surface area (Å²) in [6.07, 6.45) is 6.69. The van der Waals surface area contributed by atoms with Gasteiger partial charge in [-0.25, -0.2) is 0 Å². The van der Waals surface area contributed by atoms with Crippen molar-refractivity contribution in [3.05, 3.63) is 23.7 Å². The van der Waals surface area contributed by atoms with Crippen molar-refractivity contribution in [2.45, 2.75) is 44.2 Å². The normalized spacial score (nSPS) is 33.9. The maximum absolute atomic E-state index is 5.74. The Bertz CT molecular complexity index is 368. The molecule has 3 nitrogen and oxygen atoms in total. The minimum Gasteiger partial charge on any atom is -0.469 e. The highest BCUT2D eigenvalue weighted by molar-refractivity contribution is 5.29. The zero-order valence-electron chi connectivity index (χ0n) is 9.79. The molecule has 3 heteroatoms. The van der Waals surface area contributed by atoms with E-state index in [4.69, 9.17) is 9.15 Å². The molecule has 2 aliphatic heterocycles. The van der Waals surface area contributed by atoms with E-state index >= 15 is 0 Å². The van der Waals surface area contributed by atoms with Gasteiger partial charge in [0.05, 0.1) is 12.4 Å². The molecule has 1 aromatic heterocycles. The quantitative estimate of drug-likeness (QED) is 0.831. The lowest BCUT2D eigenvalue weighted by Crippen LogP contribution is -2.46. The van der Waals surface area contributed by atoms with Crippen molar-refractivity contribution in [2.24, 2.45) is 0 Å². The van der Waals surface area contributed by atoms with Gasteiger partial charge in [-0.2, -0.15) is 0 Å². The molecule has 0 saturated carbocycles. The summed E-state index contributed by atoms with van der Waals surface area (Å²) in [5.41, 5.74) is 1.37. The van der Waals surface area contributed by atoms with Crippen LogP contribution in [-0.4, -0.2) is 19.3 Å². The molecule has 0 bridgehead atoms. The van der Waals surface area contributed by atoms with Crippen LogP contribution in [0, 0.1) is 0 Å². The number of furan rings is 1. The van der Waals surface area contributed by atoms with E-state index in [1.54, 1.807) is 0 Å². The number of hydrogen-bond acceptors (Lipinski definition) is 3. The predicted octanol–water partition coefficient (Wildman–Crippen LogP) is 2.21. The van der Waals surface area contributed by atoms with E-state index in [2.05, 4.69) is 18.3 Å². The molecule has 0 aromatic carbocycles. The van der Waals surface area contributed by atoms with Gasteiger partial charge < -0.3 is 14.5 Å². The molecule has 1 saturated heterocycles. The minimum atomic E-state index is 0.0373. The zero-order chi connectivity index (χ0) is 11.0. The van der Waals surface area contributed by atoms with Crippen molar-refractivity contribution in [1.82, 2.24) is 5.32 Å². The highest BCUT2D eigenvalue weighted by atomic mass is 16.5. The van der Waals surface area contributed by atoms with Gasteiger partial charge >= 0.3 is 0 Å². The Balaban J connectivity index is 1.82. The molecule has 3 heterocycles. The third-order valence-electron chi connectivity index (χ3n) is 3.87. The molecule has 0 aliphatic carbocycles. The number of ether oxygens (including phenoxy) is 1. The van der Waals surface area contributed by atoms with Gasteiger partial charge in [0.25, 0.3) is 0 Å². The van der Waals surface area contributed by atoms with Gasteiger partial charge in [-0.1, -0.05) is 0 Å². The van der Waals surface area contributed by atoms with Crippen LogP contribution in [0.3, 0.4) is 0 Å². The summed E-state index contributed by atoms with van der Waals surface area (Å²) < 4.78 is 11.3. The van der Waals surface area contributed by atoms with Crippen molar-refractivity contribution in [3.63, 3.8) is 0 Å². The third kappa shape index (κ3) is 1.68. The van der Waals surface area contributed by atoms with Crippen molar-refractivity contribution in [2.75, 3.05) is 13.2 Å². The Labute approximate surface area is 96.2 Å². The second-order valence-electron chi connectivity index (χ2n) is 5.11. The topological polar surface area (TPSA) is 34.4 Å². The maximum atomic E-state index is 5.74. The number of hydrogen-bond donors (Lipinski definition) is 1. The summed E-state index contributed by atoms with van der Waals surface area (Å²) >= 11 is 0. The van der Waals surface area contributed by atoms with Gasteiger partial charge in [0.15, 0.2) is 0 Å². The van der Waals surface area contributed by atoms with E-state index in [-0.39, 0.29) is 5.54 Å². The largest absolute Gasteiger partial charge is 0.469 e. The van der Waals surface area contributed by atoms with E-state index < -0.39 is 0 Å². The fourth-order valence-corrected chi connectivity index (χ4v) is 3.02. The first-order valence-corrected chi connectivity index (χ1v) is 6.21. The second-order valence-corrected chi connectivity index (χ2v) is 5.11. The van der Waals surface area contributed by atoms with Crippen LogP contribution >= 0.6 is 0 Å². The summed E-state index contributed by atoms with van der Waals surface area (Å²) in [5.74, 6) is 1.15. The zero-order valence-corrected chi connectivity index (χ0v) is 9.79. The van der Waals surface area contributed by atoms with Crippen LogP contribution in [0.5, 0.6) is 0 Å². The van der Waals surface area contributed by atoms with E-state index in [9.17, 15) is 0 Å². The highest BCUT2D eigenvalue weighted by Gasteiger charge is 2.36. The molecule has 1 fully saturated rings. The Morgan fingerprint density at radius 3 is 3.31 bits per heavy atom. The fourth-order valence-electron chi connectivity index (χ4n) is 3.02. The fraction of sp³-hybridized carbons (Fsp3) is 0.692. The first-order chi connectivity index (χ1) is 7.78. The van der Waals surface area contributed by atoms with E-state index in [1.807, 2.05) is 6.26 Å². The Kier molecular flexibility index (Phi) is 2.52. The molecular formula is C13H19NO2. The van der Waals surface area contributed by atoms with Gasteiger partial charge in [-0.15, -0.1) is 0 Å². The van der Waals surface area contributed by atoms with Gasteiger partial charge in [0.2, 0.25) is 0 Å². The second kappa shape index (κ2) is 3.90. The van der Waals surface area contributed by atoms with E-state index in [0.717, 1.165) is 31.8 Å². The van der Waals surface area contributed by atoms with Crippen LogP contribution < -0.4 is 5.32 Å². The number of fused-ring (bicyclic) bond motifs is 1. The molecule has 2 unspecified atom stereocenters. The molecule has 0 spiro atoms. The standard InChI is InChI=1S/C13H19NO2/c1-13(9-10-3-2-7-15-10)11-5-8-16-12(11)4-6-14-13/h5,8,10,14H,2-4,6-7,9H2,1H3. The van der Waals surface area contributed by atoms with Gasteiger partial charge in [0.1, 0.15) is 5.76 Å². The molecule has 0 amide bonds. The average Bonchev–Trinajstić information content (AvgIpc) is 2.88. The Morgan fingerprint density at radius 2 is 2.50 bits per heavy atom. The van der Waals surface area contributed by atoms with Crippen LogP contribution in [0.4, 0.5) is 0 Å². The van der Waals surface area contributed by atoms with Crippen LogP contribution in [-0.2, 0) is 16.7 Å². The summed E-state index contributed by atoms with van der Waals surface area (Å²) in [5, 5.41) is 3.62. The van der Waals surface area contributed by atoms with E-state index in [1.165, 1.54) is 18.4 Å². The van der Waals surface area contributed by atoms with E-state index in [0.29, 0.717) is 6.10 Å². The summed E-state index contributed by atoms with van der Waals surface area (Å²) in [4.78, 5) is 0. The molecule has 1 aromatic rings. The Hall–Kier alpha value is -0.800. The minimum absolute atomic E-state index is 0.0373. The highest BCUT2D eigenvalue weighted by Crippen LogP contribution is 2.35. The predicted molar refractivity (Wildman–Crippen MR) is 61.4 cm³/mol. The monoisotopic (exact) mass is 221 g/mol. The Morgan fingerprint density at radius 1 is 1.56 bits per heavy atom. The molecule has 88 valence electrons. The lowest BCUT2D eigenvalue weighted by Gasteiger charge is -2.36. The third-order valence-corrected chi connectivity index (χ3v) is 3.87. The van der Waals surface area contributed by atoms with Gasteiger partial charge in [-0.05, 0) is 32.3 Å². The summed E-state index contributed by atoms with van der Waals surface area (Å²) in [6.45, 7) is 4.20. The van der Waals surface area contributed by atoms with Crippen molar-refractivity contribution >= 4 is 0 Å². The molecule has 1 N–H and O–H groups in total. The molecule has 2 aliphatic rings. The SMILES string of the molecule is CC1(CC2CCCO2)NCCc2occc21. The van der Waals surface area contributed by atoms with Crippen molar-refractivity contribution in [1.29, 1.82) is 0 Å². The maximum Gasteiger partial charge on any atom is 0.110 e. The molecule has 2 atom stereocenters. The van der Waals surface area contributed by atoms with Crippen molar-refractivity contribution < 1.29 is 9.15 Å². The molecule has 16 heavy (non-hydrogen) atoms. The lowest BCUT2D eigenvalue weighted by atomic mass is 9.83. The summed E-state index contributed by atoms with van der Waals surface area (Å²) in [6, 6.07) is 2.11. The molecular weight excluding hydrogens is 202 g/mol. The van der Waals surface area contributed by atoms with Crippen molar-refractivity contribution in [3.8, 4) is 0 Å². The average molecular weight is 221 g/mol. The molecule has 0 radical (unpaired) electrons. The molecule has 3 rings (SSSR count). The first-order valence-electron chi connectivity index (χ1n) is 6.21. The van der Waals surface area contributed by atoms with Crippen LogP contribution in [0.1, 0.15) is 37.5 Å². The first kappa shape index (κ1) is 10.4. The van der Waals surface area contributed by atoms with Gasteiger partial charge in [0, 0.05) is 30.7 Å². The number of nitrogens with one attached hydrogen (secondary N) is 1. The van der Waals surface area contributed by atoms with Crippen LogP contribution in [0.2, 0.25) is 0 Å². The lowest BCUT2D eigenvalue weighted by molar-refractivity contribution is 0.0755. The summed E-state index contributed by atoms with van der Waals surface area (Å²) in [7, 11) is 0. The number of rotatable bonds is 2. The smallest absolute Gasteiger partial charge is 0.110 e. The van der Waals surface area contributed by atoms with Gasteiger partial charge in [-0.3, -0.25) is 0 Å². The van der Waals surface area contributed by atoms with Crippen LogP contribution in [0.15, 0.2) is 16.7 Å².